The number of nitrogen functional groups attached to an aromatic ring is 1. The number of anilines is 2. The number of carbonyl (C=O) groups is 1. The largest absolute Gasteiger partial charge is 0.483 e. The van der Waals surface area contributed by atoms with Crippen LogP contribution < -0.4 is 21.5 Å². The van der Waals surface area contributed by atoms with Crippen molar-refractivity contribution in [1.29, 1.82) is 0 Å². The summed E-state index contributed by atoms with van der Waals surface area (Å²) in [6.07, 6.45) is -3.40. The summed E-state index contributed by atoms with van der Waals surface area (Å²) in [5.41, 5.74) is 14.4. The summed E-state index contributed by atoms with van der Waals surface area (Å²) in [6, 6.07) is 15.0. The van der Waals surface area contributed by atoms with E-state index in [1.165, 1.54) is 10.9 Å². The third-order valence-corrected chi connectivity index (χ3v) is 6.25. The highest BCUT2D eigenvalue weighted by atomic mass is 16.6. The van der Waals surface area contributed by atoms with Crippen LogP contribution in [0.25, 0.3) is 22.3 Å². The monoisotopic (exact) mass is 521 g/mol. The molecule has 0 radical (unpaired) electrons. The van der Waals surface area contributed by atoms with Crippen molar-refractivity contribution in [3.05, 3.63) is 60.4 Å². The summed E-state index contributed by atoms with van der Waals surface area (Å²) in [6.45, 7) is -0.347. The van der Waals surface area contributed by atoms with Gasteiger partial charge < -0.3 is 41.6 Å². The van der Waals surface area contributed by atoms with Gasteiger partial charge in [-0.2, -0.15) is 0 Å². The summed E-state index contributed by atoms with van der Waals surface area (Å²) < 4.78 is 12.8. The Morgan fingerprint density at radius 2 is 1.87 bits per heavy atom. The van der Waals surface area contributed by atoms with Gasteiger partial charge in [0.1, 0.15) is 30.4 Å². The van der Waals surface area contributed by atoms with Crippen molar-refractivity contribution in [3.63, 3.8) is 0 Å². The first-order valence-corrected chi connectivity index (χ1v) is 11.8. The van der Waals surface area contributed by atoms with Crippen LogP contribution in [0.3, 0.4) is 0 Å². The van der Waals surface area contributed by atoms with Crippen LogP contribution in [-0.4, -0.2) is 72.3 Å². The number of rotatable bonds is 9. The first kappa shape index (κ1) is 25.4. The maximum absolute atomic E-state index is 11.1. The zero-order valence-electron chi connectivity index (χ0n) is 20.1. The van der Waals surface area contributed by atoms with Gasteiger partial charge in [-0.1, -0.05) is 42.5 Å². The van der Waals surface area contributed by atoms with Crippen molar-refractivity contribution in [1.82, 2.24) is 19.5 Å². The molecule has 13 heteroatoms. The molecule has 0 spiro atoms. The van der Waals surface area contributed by atoms with E-state index >= 15 is 0 Å². The van der Waals surface area contributed by atoms with E-state index in [2.05, 4.69) is 20.3 Å². The summed E-state index contributed by atoms with van der Waals surface area (Å²) in [4.78, 5) is 23.9. The van der Waals surface area contributed by atoms with Gasteiger partial charge in [-0.05, 0) is 17.2 Å². The van der Waals surface area contributed by atoms with Gasteiger partial charge in [0.2, 0.25) is 5.95 Å². The first-order chi connectivity index (χ1) is 18.4. The van der Waals surface area contributed by atoms with E-state index in [0.29, 0.717) is 23.5 Å². The topological polar surface area (TPSA) is 204 Å². The van der Waals surface area contributed by atoms with E-state index in [1.807, 2.05) is 42.5 Å². The molecular weight excluding hydrogens is 494 g/mol. The van der Waals surface area contributed by atoms with E-state index in [0.717, 1.165) is 16.7 Å². The number of aromatic nitrogens is 4. The van der Waals surface area contributed by atoms with E-state index in [4.69, 9.17) is 20.9 Å². The fourth-order valence-corrected chi connectivity index (χ4v) is 4.35. The van der Waals surface area contributed by atoms with Gasteiger partial charge in [0.15, 0.2) is 29.8 Å². The normalized spacial score (nSPS) is 21.0. The highest BCUT2D eigenvalue weighted by molar-refractivity contribution is 5.84. The number of amides is 1. The van der Waals surface area contributed by atoms with E-state index in [1.54, 1.807) is 6.07 Å². The average Bonchev–Trinajstić information content (AvgIpc) is 3.43. The zero-order chi connectivity index (χ0) is 26.8. The number of primary amides is 1. The molecule has 13 nitrogen and oxygen atoms in total. The molecule has 1 amide bonds. The minimum atomic E-state index is -1.34. The minimum absolute atomic E-state index is 0.144. The number of hydrogen-bond acceptors (Lipinski definition) is 11. The highest BCUT2D eigenvalue weighted by Crippen LogP contribution is 2.35. The second kappa shape index (κ2) is 10.6. The van der Waals surface area contributed by atoms with Crippen molar-refractivity contribution < 1.29 is 29.6 Å². The predicted octanol–water partition coefficient (Wildman–Crippen LogP) is 0.163. The van der Waals surface area contributed by atoms with Gasteiger partial charge in [0.05, 0.1) is 6.61 Å². The molecule has 5 rings (SSSR count). The molecule has 0 bridgehead atoms. The van der Waals surface area contributed by atoms with Crippen molar-refractivity contribution in [2.45, 2.75) is 31.1 Å². The number of fused-ring (bicyclic) bond motifs is 1. The van der Waals surface area contributed by atoms with Crippen LogP contribution in [0.4, 0.5) is 11.8 Å². The molecule has 8 N–H and O–H groups in total. The molecule has 0 aliphatic carbocycles. The Kier molecular flexibility index (Phi) is 7.07. The summed E-state index contributed by atoms with van der Waals surface area (Å²) in [5, 5.41) is 33.6. The molecule has 2 aromatic heterocycles. The third-order valence-electron chi connectivity index (χ3n) is 6.25. The number of ether oxygens (including phenoxy) is 2. The average molecular weight is 522 g/mol. The van der Waals surface area contributed by atoms with Crippen LogP contribution in [-0.2, 0) is 16.1 Å². The number of carbonyl (C=O) groups excluding carboxylic acids is 1. The Morgan fingerprint density at radius 1 is 1.11 bits per heavy atom. The molecule has 0 saturated carbocycles. The second-order valence-corrected chi connectivity index (χ2v) is 8.77. The molecule has 2 aromatic carbocycles. The first-order valence-electron chi connectivity index (χ1n) is 11.8. The number of benzene rings is 2. The Hall–Kier alpha value is -4.30. The molecule has 1 aliphatic heterocycles. The second-order valence-electron chi connectivity index (χ2n) is 8.77. The lowest BCUT2D eigenvalue weighted by atomic mass is 10.0. The molecule has 4 aromatic rings. The van der Waals surface area contributed by atoms with E-state index in [9.17, 15) is 20.1 Å². The Bertz CT molecular complexity index is 1440. The molecule has 3 heterocycles. The lowest BCUT2D eigenvalue weighted by molar-refractivity contribution is -0.119. The molecule has 4 atom stereocenters. The quantitative estimate of drug-likeness (QED) is 0.175. The molecule has 0 unspecified atom stereocenters. The van der Waals surface area contributed by atoms with Crippen molar-refractivity contribution >= 4 is 28.8 Å². The fraction of sp³-hybridized carbons (Fsp3) is 0.280. The van der Waals surface area contributed by atoms with Gasteiger partial charge in [-0.15, -0.1) is 0 Å². The lowest BCUT2D eigenvalue weighted by Gasteiger charge is -2.19. The van der Waals surface area contributed by atoms with Crippen LogP contribution in [0, 0.1) is 0 Å². The highest BCUT2D eigenvalue weighted by Gasteiger charge is 2.45. The SMILES string of the molecule is NC(=O)COc1ccccc1-c1ccc(CNc2nc3c(N)ncnc3n2[C@@H]2O[C@H](CO)[C@@H](O)[C@H]2O)cc1. The third kappa shape index (κ3) is 4.82. The maximum Gasteiger partial charge on any atom is 0.255 e. The van der Waals surface area contributed by atoms with Crippen LogP contribution in [0.15, 0.2) is 54.9 Å². The molecule has 38 heavy (non-hydrogen) atoms. The summed E-state index contributed by atoms with van der Waals surface area (Å²) in [5.74, 6) is 0.418. The number of aliphatic hydroxyl groups is 3. The molecular formula is C25H27N7O6. The minimum Gasteiger partial charge on any atom is -0.483 e. The maximum atomic E-state index is 11.1. The van der Waals surface area contributed by atoms with Crippen molar-refractivity contribution in [2.24, 2.45) is 5.73 Å². The number of imidazole rings is 1. The number of nitrogens with zero attached hydrogens (tertiary/aromatic N) is 4. The molecule has 1 aliphatic rings. The Labute approximate surface area is 216 Å². The smallest absolute Gasteiger partial charge is 0.255 e. The summed E-state index contributed by atoms with van der Waals surface area (Å²) >= 11 is 0. The zero-order valence-corrected chi connectivity index (χ0v) is 20.1. The number of nitrogens with one attached hydrogen (secondary N) is 1. The summed E-state index contributed by atoms with van der Waals surface area (Å²) in [7, 11) is 0. The number of nitrogens with two attached hydrogens (primary N) is 2. The number of para-hydroxylation sites is 1. The van der Waals surface area contributed by atoms with Gasteiger partial charge in [0.25, 0.3) is 5.91 Å². The molecule has 198 valence electrons. The van der Waals surface area contributed by atoms with Gasteiger partial charge in [-0.3, -0.25) is 9.36 Å². The van der Waals surface area contributed by atoms with Crippen LogP contribution in [0.2, 0.25) is 0 Å². The van der Waals surface area contributed by atoms with Gasteiger partial charge in [-0.25, -0.2) is 15.0 Å². The lowest BCUT2D eigenvalue weighted by Crippen LogP contribution is -2.33. The molecule has 1 fully saturated rings. The van der Waals surface area contributed by atoms with E-state index in [-0.39, 0.29) is 18.4 Å². The van der Waals surface area contributed by atoms with Crippen LogP contribution in [0.5, 0.6) is 5.75 Å². The van der Waals surface area contributed by atoms with Gasteiger partial charge >= 0.3 is 0 Å². The Balaban J connectivity index is 1.39. The number of hydrogen-bond donors (Lipinski definition) is 6. The number of aliphatic hydroxyl groups excluding tert-OH is 3. The van der Waals surface area contributed by atoms with Crippen molar-refractivity contribution in [2.75, 3.05) is 24.3 Å². The van der Waals surface area contributed by atoms with E-state index < -0.39 is 37.1 Å². The van der Waals surface area contributed by atoms with Gasteiger partial charge in [0, 0.05) is 12.1 Å². The van der Waals surface area contributed by atoms with Crippen LogP contribution in [0.1, 0.15) is 11.8 Å². The predicted molar refractivity (Wildman–Crippen MR) is 137 cm³/mol. The standard InChI is InChI=1S/C25H27N7O6/c26-18(34)11-37-16-4-2-1-3-15(16)14-7-5-13(6-8-14)9-28-25-31-19-22(27)29-12-30-23(19)32(25)24-21(36)20(35)17(10-33)38-24/h1-8,12,17,20-21,24,33,35-36H,9-11H2,(H2,26,34)(H,28,31)(H2,27,29,30)/t17-,20-,21-,24-/m1/s1. The van der Waals surface area contributed by atoms with Crippen molar-refractivity contribution in [3.8, 4) is 16.9 Å². The molecule has 1 saturated heterocycles. The Morgan fingerprint density at radius 3 is 2.58 bits per heavy atom. The fourth-order valence-electron chi connectivity index (χ4n) is 4.35. The van der Waals surface area contributed by atoms with Crippen LogP contribution >= 0.6 is 0 Å².